The second-order valence-corrected chi connectivity index (χ2v) is 5.00. The van der Waals surface area contributed by atoms with Gasteiger partial charge in [0.05, 0.1) is 11.4 Å². The molecule has 0 heterocycles. The van der Waals surface area contributed by atoms with Crippen LogP contribution in [-0.2, 0) is 4.79 Å². The van der Waals surface area contributed by atoms with E-state index in [-0.39, 0.29) is 5.91 Å². The fraction of sp³-hybridized carbons (Fsp3) is 0.278. The van der Waals surface area contributed by atoms with E-state index in [0.29, 0.717) is 6.42 Å². The third-order valence-electron chi connectivity index (χ3n) is 3.27. The molecule has 2 aromatic carbocycles. The van der Waals surface area contributed by atoms with E-state index in [0.717, 1.165) is 30.6 Å². The minimum absolute atomic E-state index is 0.0520. The van der Waals surface area contributed by atoms with E-state index in [2.05, 4.69) is 12.3 Å². The van der Waals surface area contributed by atoms with Gasteiger partial charge in [-0.1, -0.05) is 56.2 Å². The first-order chi connectivity index (χ1) is 10.3. The van der Waals surface area contributed by atoms with Gasteiger partial charge in [-0.05, 0) is 30.7 Å². The molecule has 0 saturated heterocycles. The van der Waals surface area contributed by atoms with E-state index in [1.165, 1.54) is 0 Å². The molecule has 0 aliphatic rings. The highest BCUT2D eigenvalue weighted by molar-refractivity contribution is 5.80. The fourth-order valence-corrected chi connectivity index (χ4v) is 2.15. The third-order valence-corrected chi connectivity index (χ3v) is 3.27. The molecule has 21 heavy (non-hydrogen) atoms. The molecule has 0 saturated carbocycles. The van der Waals surface area contributed by atoms with Crippen molar-refractivity contribution in [3.8, 4) is 0 Å². The summed E-state index contributed by atoms with van der Waals surface area (Å²) in [7, 11) is 0. The number of amides is 1. The maximum absolute atomic E-state index is 12.1. The van der Waals surface area contributed by atoms with Gasteiger partial charge >= 0.3 is 0 Å². The Morgan fingerprint density at radius 3 is 1.90 bits per heavy atom. The van der Waals surface area contributed by atoms with Crippen molar-refractivity contribution in [1.29, 1.82) is 0 Å². The van der Waals surface area contributed by atoms with Crippen molar-refractivity contribution >= 4 is 17.3 Å². The Labute approximate surface area is 126 Å². The first kappa shape index (κ1) is 15.1. The van der Waals surface area contributed by atoms with Crippen molar-refractivity contribution in [2.75, 3.05) is 5.01 Å². The van der Waals surface area contributed by atoms with Crippen LogP contribution in [0.3, 0.4) is 0 Å². The second kappa shape index (κ2) is 8.10. The molecule has 3 heteroatoms. The highest BCUT2D eigenvalue weighted by atomic mass is 16.2. The summed E-state index contributed by atoms with van der Waals surface area (Å²) in [6.07, 6.45) is 3.70. The number of rotatable bonds is 7. The summed E-state index contributed by atoms with van der Waals surface area (Å²) in [4.78, 5) is 12.1. The van der Waals surface area contributed by atoms with E-state index < -0.39 is 0 Å². The molecule has 110 valence electrons. The molecule has 0 aliphatic heterocycles. The van der Waals surface area contributed by atoms with Crippen LogP contribution in [0.1, 0.15) is 32.6 Å². The van der Waals surface area contributed by atoms with Gasteiger partial charge < -0.3 is 0 Å². The predicted molar refractivity (Wildman–Crippen MR) is 87.3 cm³/mol. The predicted octanol–water partition coefficient (Wildman–Crippen LogP) is 4.44. The molecule has 3 nitrogen and oxygen atoms in total. The van der Waals surface area contributed by atoms with Crippen LogP contribution < -0.4 is 10.4 Å². The normalized spacial score (nSPS) is 10.1. The van der Waals surface area contributed by atoms with E-state index in [1.54, 1.807) is 0 Å². The molecule has 0 unspecified atom stereocenters. The van der Waals surface area contributed by atoms with Crippen molar-refractivity contribution in [3.63, 3.8) is 0 Å². The number of carbonyl (C=O) groups excluding carboxylic acids is 1. The average molecular weight is 282 g/mol. The number of hydrazine groups is 1. The zero-order valence-corrected chi connectivity index (χ0v) is 12.5. The molecule has 0 aliphatic carbocycles. The zero-order valence-electron chi connectivity index (χ0n) is 12.5. The SMILES string of the molecule is CCCCCC(=O)NN(c1ccccc1)c1ccccc1. The summed E-state index contributed by atoms with van der Waals surface area (Å²) >= 11 is 0. The van der Waals surface area contributed by atoms with Gasteiger partial charge in [0.25, 0.3) is 0 Å². The zero-order chi connectivity index (χ0) is 14.9. The third kappa shape index (κ3) is 4.63. The van der Waals surface area contributed by atoms with Crippen LogP contribution >= 0.6 is 0 Å². The van der Waals surface area contributed by atoms with Crippen LogP contribution in [0.4, 0.5) is 11.4 Å². The van der Waals surface area contributed by atoms with Crippen molar-refractivity contribution in [3.05, 3.63) is 60.7 Å². The number of benzene rings is 2. The topological polar surface area (TPSA) is 32.3 Å². The monoisotopic (exact) mass is 282 g/mol. The molecule has 0 bridgehead atoms. The molecule has 2 rings (SSSR count). The van der Waals surface area contributed by atoms with E-state index in [4.69, 9.17) is 0 Å². The van der Waals surface area contributed by atoms with Crippen LogP contribution in [0, 0.1) is 0 Å². The molecule has 0 radical (unpaired) electrons. The molecular formula is C18H22N2O. The van der Waals surface area contributed by atoms with Gasteiger partial charge in [0.1, 0.15) is 0 Å². The van der Waals surface area contributed by atoms with Crippen LogP contribution in [0.5, 0.6) is 0 Å². The lowest BCUT2D eigenvalue weighted by molar-refractivity contribution is -0.121. The van der Waals surface area contributed by atoms with Crippen LogP contribution in [0.15, 0.2) is 60.7 Å². The molecular weight excluding hydrogens is 260 g/mol. The number of hydrogen-bond donors (Lipinski definition) is 1. The number of nitrogens with zero attached hydrogens (tertiary/aromatic N) is 1. The standard InChI is InChI=1S/C18H22N2O/c1-2-3-6-15-18(21)19-20(16-11-7-4-8-12-16)17-13-9-5-10-14-17/h4-5,7-14H,2-3,6,15H2,1H3,(H,19,21). The Hall–Kier alpha value is -2.29. The first-order valence-corrected chi connectivity index (χ1v) is 7.51. The molecule has 1 amide bonds. The first-order valence-electron chi connectivity index (χ1n) is 7.51. The number of para-hydroxylation sites is 2. The summed E-state index contributed by atoms with van der Waals surface area (Å²) in [5.41, 5.74) is 4.91. The van der Waals surface area contributed by atoms with E-state index >= 15 is 0 Å². The fourth-order valence-electron chi connectivity index (χ4n) is 2.15. The van der Waals surface area contributed by atoms with Gasteiger partial charge in [-0.2, -0.15) is 0 Å². The summed E-state index contributed by atoms with van der Waals surface area (Å²) in [5.74, 6) is 0.0520. The molecule has 0 atom stereocenters. The smallest absolute Gasteiger partial charge is 0.238 e. The summed E-state index contributed by atoms with van der Waals surface area (Å²) < 4.78 is 0. The Bertz CT molecular complexity index is 500. The molecule has 2 aromatic rings. The lowest BCUT2D eigenvalue weighted by Crippen LogP contribution is -2.38. The Morgan fingerprint density at radius 1 is 0.905 bits per heavy atom. The number of carbonyl (C=O) groups is 1. The molecule has 1 N–H and O–H groups in total. The van der Waals surface area contributed by atoms with Gasteiger partial charge in [0.15, 0.2) is 0 Å². The van der Waals surface area contributed by atoms with Gasteiger partial charge in [-0.25, -0.2) is 0 Å². The number of nitrogens with one attached hydrogen (secondary N) is 1. The van der Waals surface area contributed by atoms with Crippen molar-refractivity contribution < 1.29 is 4.79 Å². The maximum Gasteiger partial charge on any atom is 0.238 e. The Balaban J connectivity index is 2.12. The number of hydrogen-bond acceptors (Lipinski definition) is 2. The highest BCUT2D eigenvalue weighted by Crippen LogP contribution is 2.22. The van der Waals surface area contributed by atoms with Crippen molar-refractivity contribution in [2.24, 2.45) is 0 Å². The van der Waals surface area contributed by atoms with E-state index in [1.807, 2.05) is 65.7 Å². The highest BCUT2D eigenvalue weighted by Gasteiger charge is 2.11. The van der Waals surface area contributed by atoms with Crippen LogP contribution in [0.25, 0.3) is 0 Å². The lowest BCUT2D eigenvalue weighted by Gasteiger charge is -2.25. The van der Waals surface area contributed by atoms with Crippen molar-refractivity contribution in [2.45, 2.75) is 32.6 Å². The minimum Gasteiger partial charge on any atom is -0.273 e. The Morgan fingerprint density at radius 2 is 1.43 bits per heavy atom. The minimum atomic E-state index is 0.0520. The molecule has 0 fully saturated rings. The lowest BCUT2D eigenvalue weighted by atomic mass is 10.2. The Kier molecular flexibility index (Phi) is 5.83. The second-order valence-electron chi connectivity index (χ2n) is 5.00. The van der Waals surface area contributed by atoms with Gasteiger partial charge in [0.2, 0.25) is 5.91 Å². The summed E-state index contributed by atoms with van der Waals surface area (Å²) in [6, 6.07) is 19.7. The number of anilines is 2. The van der Waals surface area contributed by atoms with Crippen LogP contribution in [0.2, 0.25) is 0 Å². The van der Waals surface area contributed by atoms with Gasteiger partial charge in [0, 0.05) is 6.42 Å². The van der Waals surface area contributed by atoms with Crippen LogP contribution in [-0.4, -0.2) is 5.91 Å². The average Bonchev–Trinajstić information content (AvgIpc) is 2.54. The van der Waals surface area contributed by atoms with E-state index in [9.17, 15) is 4.79 Å². The maximum atomic E-state index is 12.1. The molecule has 0 spiro atoms. The summed E-state index contributed by atoms with van der Waals surface area (Å²) in [5, 5.41) is 1.84. The van der Waals surface area contributed by atoms with Crippen molar-refractivity contribution in [1.82, 2.24) is 5.43 Å². The molecule has 0 aromatic heterocycles. The van der Waals surface area contributed by atoms with Gasteiger partial charge in [-0.3, -0.25) is 15.2 Å². The van der Waals surface area contributed by atoms with Gasteiger partial charge in [-0.15, -0.1) is 0 Å². The largest absolute Gasteiger partial charge is 0.273 e. The quantitative estimate of drug-likeness (QED) is 0.601. The summed E-state index contributed by atoms with van der Waals surface area (Å²) in [6.45, 7) is 2.14. The number of unbranched alkanes of at least 4 members (excludes halogenated alkanes) is 2.